The minimum absolute atomic E-state index is 0.387. The number of halogens is 1. The lowest BCUT2D eigenvalue weighted by molar-refractivity contribution is 0.234. The van der Waals surface area contributed by atoms with Crippen molar-refractivity contribution in [1.82, 2.24) is 10.2 Å². The van der Waals surface area contributed by atoms with Crippen molar-refractivity contribution in [3.63, 3.8) is 0 Å². The third-order valence-corrected chi connectivity index (χ3v) is 4.76. The molecule has 4 heteroatoms. The van der Waals surface area contributed by atoms with E-state index < -0.39 is 0 Å². The maximum atomic E-state index is 3.62. The van der Waals surface area contributed by atoms with E-state index in [1.54, 1.807) is 0 Å². The summed E-state index contributed by atoms with van der Waals surface area (Å²) in [7, 11) is 2.21. The molecule has 1 fully saturated rings. The number of nitrogens with one attached hydrogen (secondary N) is 1. The van der Waals surface area contributed by atoms with Crippen LogP contribution in [0.5, 0.6) is 0 Å². The summed E-state index contributed by atoms with van der Waals surface area (Å²) in [4.78, 5) is 4.96. The fourth-order valence-corrected chi connectivity index (χ4v) is 3.19. The first kappa shape index (κ1) is 15.8. The van der Waals surface area contributed by atoms with Crippen molar-refractivity contribution in [1.29, 1.82) is 0 Å². The second-order valence-electron chi connectivity index (χ2n) is 5.76. The zero-order valence-electron chi connectivity index (χ0n) is 13.0. The Hall–Kier alpha value is -0.580. The van der Waals surface area contributed by atoms with Gasteiger partial charge < -0.3 is 15.1 Å². The van der Waals surface area contributed by atoms with Gasteiger partial charge in [-0.2, -0.15) is 0 Å². The average Bonchev–Trinajstić information content (AvgIpc) is 2.42. The lowest BCUT2D eigenvalue weighted by atomic mass is 10.0. The summed E-state index contributed by atoms with van der Waals surface area (Å²) in [6.45, 7) is 11.0. The van der Waals surface area contributed by atoms with Crippen LogP contribution in [0.25, 0.3) is 0 Å². The number of piperazine rings is 1. The first-order valence-corrected chi connectivity index (χ1v) is 8.30. The van der Waals surface area contributed by atoms with Crippen molar-refractivity contribution in [3.8, 4) is 0 Å². The van der Waals surface area contributed by atoms with Gasteiger partial charge in [0.1, 0.15) is 0 Å². The summed E-state index contributed by atoms with van der Waals surface area (Å²) in [5.41, 5.74) is 2.76. The second kappa shape index (κ2) is 6.92. The lowest BCUT2D eigenvalue weighted by Gasteiger charge is -2.40. The Morgan fingerprint density at radius 3 is 2.80 bits per heavy atom. The Labute approximate surface area is 131 Å². The van der Waals surface area contributed by atoms with Crippen molar-refractivity contribution in [2.45, 2.75) is 32.9 Å². The molecule has 1 saturated heterocycles. The highest BCUT2D eigenvalue weighted by Gasteiger charge is 2.23. The normalized spacial score (nSPS) is 22.1. The highest BCUT2D eigenvalue weighted by atomic mass is 79.9. The molecule has 0 aromatic heterocycles. The zero-order valence-corrected chi connectivity index (χ0v) is 14.6. The SMILES string of the molecule is CCNC(C)c1ccc(Br)cc1N1CCN(C)C(C)C1. The minimum Gasteiger partial charge on any atom is -0.368 e. The molecule has 1 aliphatic heterocycles. The van der Waals surface area contributed by atoms with Crippen LogP contribution in [0.3, 0.4) is 0 Å². The maximum Gasteiger partial charge on any atom is 0.0426 e. The topological polar surface area (TPSA) is 18.5 Å². The predicted molar refractivity (Wildman–Crippen MR) is 90.5 cm³/mol. The van der Waals surface area contributed by atoms with Gasteiger partial charge in [0, 0.05) is 41.9 Å². The highest BCUT2D eigenvalue weighted by molar-refractivity contribution is 9.10. The molecule has 1 aromatic rings. The molecular formula is C16H26BrN3. The summed E-state index contributed by atoms with van der Waals surface area (Å²) < 4.78 is 1.16. The molecule has 0 spiro atoms. The zero-order chi connectivity index (χ0) is 14.7. The molecule has 2 unspecified atom stereocenters. The van der Waals surface area contributed by atoms with Gasteiger partial charge in [0.15, 0.2) is 0 Å². The molecule has 0 aliphatic carbocycles. The fraction of sp³-hybridized carbons (Fsp3) is 0.625. The van der Waals surface area contributed by atoms with Crippen molar-refractivity contribution in [2.75, 3.05) is 38.1 Å². The second-order valence-corrected chi connectivity index (χ2v) is 6.67. The quantitative estimate of drug-likeness (QED) is 0.908. The lowest BCUT2D eigenvalue weighted by Crippen LogP contribution is -2.50. The molecule has 0 saturated carbocycles. The van der Waals surface area contributed by atoms with Crippen molar-refractivity contribution in [2.24, 2.45) is 0 Å². The van der Waals surface area contributed by atoms with Gasteiger partial charge in [0.05, 0.1) is 0 Å². The number of rotatable bonds is 4. The van der Waals surface area contributed by atoms with Gasteiger partial charge in [-0.15, -0.1) is 0 Å². The van der Waals surface area contributed by atoms with Gasteiger partial charge in [0.2, 0.25) is 0 Å². The van der Waals surface area contributed by atoms with Gasteiger partial charge in [-0.3, -0.25) is 0 Å². The van der Waals surface area contributed by atoms with E-state index >= 15 is 0 Å². The molecule has 2 rings (SSSR count). The molecule has 0 radical (unpaired) electrons. The Morgan fingerprint density at radius 1 is 1.40 bits per heavy atom. The molecule has 1 aromatic carbocycles. The van der Waals surface area contributed by atoms with E-state index in [1.165, 1.54) is 11.3 Å². The predicted octanol–water partition coefficient (Wildman–Crippen LogP) is 3.26. The molecule has 112 valence electrons. The standard InChI is InChI=1S/C16H26BrN3/c1-5-18-13(3)15-7-6-14(17)10-16(15)20-9-8-19(4)12(2)11-20/h6-7,10,12-13,18H,5,8-9,11H2,1-4H3. The van der Waals surface area contributed by atoms with E-state index in [4.69, 9.17) is 0 Å². The Morgan fingerprint density at radius 2 is 2.15 bits per heavy atom. The monoisotopic (exact) mass is 339 g/mol. The van der Waals surface area contributed by atoms with Gasteiger partial charge in [-0.1, -0.05) is 28.9 Å². The number of benzene rings is 1. The Balaban J connectivity index is 2.27. The third-order valence-electron chi connectivity index (χ3n) is 4.27. The van der Waals surface area contributed by atoms with Crippen molar-refractivity contribution < 1.29 is 0 Å². The maximum absolute atomic E-state index is 3.62. The van der Waals surface area contributed by atoms with E-state index in [0.29, 0.717) is 12.1 Å². The van der Waals surface area contributed by atoms with Crippen LogP contribution in [-0.2, 0) is 0 Å². The van der Waals surface area contributed by atoms with Crippen LogP contribution in [-0.4, -0.2) is 44.2 Å². The Kier molecular flexibility index (Phi) is 5.47. The first-order chi connectivity index (χ1) is 9.52. The fourth-order valence-electron chi connectivity index (χ4n) is 2.84. The summed E-state index contributed by atoms with van der Waals surface area (Å²) >= 11 is 3.62. The summed E-state index contributed by atoms with van der Waals surface area (Å²) in [5, 5.41) is 3.53. The van der Waals surface area contributed by atoms with Crippen LogP contribution in [0.2, 0.25) is 0 Å². The molecule has 1 aliphatic rings. The molecule has 1 N–H and O–H groups in total. The molecule has 3 nitrogen and oxygen atoms in total. The summed E-state index contributed by atoms with van der Waals surface area (Å²) in [5.74, 6) is 0. The van der Waals surface area contributed by atoms with E-state index in [0.717, 1.165) is 30.7 Å². The summed E-state index contributed by atoms with van der Waals surface area (Å²) in [6.07, 6.45) is 0. The molecular weight excluding hydrogens is 314 g/mol. The van der Waals surface area contributed by atoms with Gasteiger partial charge in [-0.25, -0.2) is 0 Å². The van der Waals surface area contributed by atoms with E-state index in [9.17, 15) is 0 Å². The third kappa shape index (κ3) is 3.54. The number of hydrogen-bond donors (Lipinski definition) is 1. The molecule has 2 atom stereocenters. The van der Waals surface area contributed by atoms with Crippen molar-refractivity contribution in [3.05, 3.63) is 28.2 Å². The van der Waals surface area contributed by atoms with Gasteiger partial charge >= 0.3 is 0 Å². The van der Waals surface area contributed by atoms with E-state index in [2.05, 4.69) is 77.1 Å². The van der Waals surface area contributed by atoms with Crippen molar-refractivity contribution >= 4 is 21.6 Å². The number of likely N-dealkylation sites (N-methyl/N-ethyl adjacent to an activating group) is 1. The highest BCUT2D eigenvalue weighted by Crippen LogP contribution is 2.31. The minimum atomic E-state index is 0.387. The summed E-state index contributed by atoms with van der Waals surface area (Å²) in [6, 6.07) is 7.64. The average molecular weight is 340 g/mol. The molecule has 1 heterocycles. The number of hydrogen-bond acceptors (Lipinski definition) is 3. The van der Waals surface area contributed by atoms with Crippen LogP contribution in [0.4, 0.5) is 5.69 Å². The van der Waals surface area contributed by atoms with Gasteiger partial charge in [-0.05, 0) is 45.1 Å². The largest absolute Gasteiger partial charge is 0.368 e. The van der Waals surface area contributed by atoms with Crippen LogP contribution < -0.4 is 10.2 Å². The molecule has 0 bridgehead atoms. The smallest absolute Gasteiger partial charge is 0.0426 e. The molecule has 0 amide bonds. The first-order valence-electron chi connectivity index (χ1n) is 7.51. The van der Waals surface area contributed by atoms with E-state index in [-0.39, 0.29) is 0 Å². The molecule has 20 heavy (non-hydrogen) atoms. The Bertz CT molecular complexity index is 449. The van der Waals surface area contributed by atoms with Crippen LogP contribution >= 0.6 is 15.9 Å². The van der Waals surface area contributed by atoms with Crippen LogP contribution in [0.1, 0.15) is 32.4 Å². The van der Waals surface area contributed by atoms with Crippen LogP contribution in [0.15, 0.2) is 22.7 Å². The van der Waals surface area contributed by atoms with Crippen LogP contribution in [0, 0.1) is 0 Å². The van der Waals surface area contributed by atoms with E-state index in [1.807, 2.05) is 0 Å². The van der Waals surface area contributed by atoms with Gasteiger partial charge in [0.25, 0.3) is 0 Å². The number of anilines is 1. The number of nitrogens with zero attached hydrogens (tertiary/aromatic N) is 2.